The maximum absolute atomic E-state index is 11.2. The summed E-state index contributed by atoms with van der Waals surface area (Å²) >= 11 is 2.05. The van der Waals surface area contributed by atoms with Gasteiger partial charge in [-0.05, 0) is 25.1 Å². The smallest absolute Gasteiger partial charge is 0.234 e. The molecule has 0 aliphatic heterocycles. The molecule has 1 amide bonds. The van der Waals surface area contributed by atoms with Crippen molar-refractivity contribution in [2.24, 2.45) is 0 Å². The molecule has 0 atom stereocenters. The molecule has 0 heterocycles. The number of nitrogens with zero attached hydrogens (tertiary/aromatic N) is 1. The van der Waals surface area contributed by atoms with Crippen molar-refractivity contribution in [2.45, 2.75) is 6.92 Å². The fraction of sp³-hybridized carbons (Fsp3) is 0.364. The van der Waals surface area contributed by atoms with Crippen molar-refractivity contribution in [3.8, 4) is 0 Å². The lowest BCUT2D eigenvalue weighted by Gasteiger charge is -2.17. The van der Waals surface area contributed by atoms with Crippen LogP contribution in [-0.2, 0) is 4.79 Å². The predicted molar refractivity (Wildman–Crippen MR) is 72.9 cm³/mol. The number of benzene rings is 1. The molecule has 1 rings (SSSR count). The number of carbonyl (C=O) groups is 1. The fourth-order valence-corrected chi connectivity index (χ4v) is 1.39. The first-order chi connectivity index (χ1) is 7.17. The molecule has 0 aliphatic rings. The average Bonchev–Trinajstić information content (AvgIpc) is 2.28. The van der Waals surface area contributed by atoms with Gasteiger partial charge in [0.15, 0.2) is 0 Å². The molecule has 4 heteroatoms. The average molecular weight is 318 g/mol. The maximum atomic E-state index is 11.2. The number of halogens is 1. The second-order valence-electron chi connectivity index (χ2n) is 3.25. The highest BCUT2D eigenvalue weighted by Gasteiger charge is 2.02. The summed E-state index contributed by atoms with van der Waals surface area (Å²) in [5.41, 5.74) is 1.97. The number of rotatable bonds is 4. The van der Waals surface area contributed by atoms with Gasteiger partial charge in [-0.3, -0.25) is 4.79 Å². The van der Waals surface area contributed by atoms with E-state index in [1.54, 1.807) is 0 Å². The van der Waals surface area contributed by atoms with Crippen LogP contribution >= 0.6 is 22.6 Å². The first kappa shape index (κ1) is 12.3. The van der Waals surface area contributed by atoms with Crippen molar-refractivity contribution in [2.75, 3.05) is 28.2 Å². The summed E-state index contributed by atoms with van der Waals surface area (Å²) in [5.74, 6) is 0.0342. The Bertz CT molecular complexity index is 341. The quantitative estimate of drug-likeness (QED) is 0.683. The van der Waals surface area contributed by atoms with E-state index in [4.69, 9.17) is 0 Å². The van der Waals surface area contributed by atoms with Crippen LogP contribution in [0.5, 0.6) is 0 Å². The van der Waals surface area contributed by atoms with Crippen molar-refractivity contribution in [3.63, 3.8) is 0 Å². The second kappa shape index (κ2) is 5.95. The number of anilines is 2. The monoisotopic (exact) mass is 318 g/mol. The van der Waals surface area contributed by atoms with E-state index in [1.165, 1.54) is 0 Å². The largest absolute Gasteiger partial charge is 0.375 e. The number of nitrogens with one attached hydrogen (secondary N) is 1. The summed E-state index contributed by atoms with van der Waals surface area (Å²) in [6, 6.07) is 7.86. The first-order valence-corrected chi connectivity index (χ1v) is 6.37. The standard InChI is InChI=1S/C11H15IN2O/c1-3-14(2)10-6-4-5-9(7-10)13-11(15)8-12/h4-7H,3,8H2,1-2H3,(H,13,15). The van der Waals surface area contributed by atoms with E-state index < -0.39 is 0 Å². The highest BCUT2D eigenvalue weighted by atomic mass is 127. The van der Waals surface area contributed by atoms with Crippen molar-refractivity contribution >= 4 is 39.9 Å². The number of hydrogen-bond donors (Lipinski definition) is 1. The highest BCUT2D eigenvalue weighted by molar-refractivity contribution is 14.1. The van der Waals surface area contributed by atoms with Crippen molar-refractivity contribution in [3.05, 3.63) is 24.3 Å². The van der Waals surface area contributed by atoms with Gasteiger partial charge in [0.25, 0.3) is 0 Å². The zero-order valence-electron chi connectivity index (χ0n) is 8.96. The van der Waals surface area contributed by atoms with Crippen molar-refractivity contribution in [1.82, 2.24) is 0 Å². The lowest BCUT2D eigenvalue weighted by molar-refractivity contribution is -0.113. The SMILES string of the molecule is CCN(C)c1cccc(NC(=O)CI)c1. The molecule has 0 bridgehead atoms. The molecule has 0 aromatic heterocycles. The Morgan fingerprint density at radius 3 is 2.87 bits per heavy atom. The summed E-state index contributed by atoms with van der Waals surface area (Å²) in [6.07, 6.45) is 0. The van der Waals surface area contributed by atoms with Crippen LogP contribution in [0, 0.1) is 0 Å². The Hall–Kier alpha value is -0.780. The predicted octanol–water partition coefficient (Wildman–Crippen LogP) is 2.52. The lowest BCUT2D eigenvalue weighted by atomic mass is 10.2. The Labute approximate surface area is 104 Å². The molecule has 0 saturated heterocycles. The van der Waals surface area contributed by atoms with E-state index in [9.17, 15) is 4.79 Å². The molecule has 0 fully saturated rings. The second-order valence-corrected chi connectivity index (χ2v) is 4.01. The lowest BCUT2D eigenvalue weighted by Crippen LogP contribution is -2.17. The molecule has 1 aromatic carbocycles. The van der Waals surface area contributed by atoms with E-state index in [0.717, 1.165) is 17.9 Å². The van der Waals surface area contributed by atoms with Crippen LogP contribution in [0.25, 0.3) is 0 Å². The van der Waals surface area contributed by atoms with Crippen LogP contribution in [0.1, 0.15) is 6.92 Å². The number of hydrogen-bond acceptors (Lipinski definition) is 2. The fourth-order valence-electron chi connectivity index (χ4n) is 1.20. The van der Waals surface area contributed by atoms with Gasteiger partial charge in [-0.1, -0.05) is 28.7 Å². The summed E-state index contributed by atoms with van der Waals surface area (Å²) in [6.45, 7) is 3.04. The van der Waals surface area contributed by atoms with Crippen LogP contribution in [0.15, 0.2) is 24.3 Å². The molecule has 0 spiro atoms. The molecule has 0 saturated carbocycles. The van der Waals surface area contributed by atoms with Gasteiger partial charge >= 0.3 is 0 Å². The zero-order chi connectivity index (χ0) is 11.3. The highest BCUT2D eigenvalue weighted by Crippen LogP contribution is 2.18. The van der Waals surface area contributed by atoms with Crippen molar-refractivity contribution in [1.29, 1.82) is 0 Å². The Morgan fingerprint density at radius 2 is 2.27 bits per heavy atom. The Balaban J connectivity index is 2.78. The van der Waals surface area contributed by atoms with Crippen molar-refractivity contribution < 1.29 is 4.79 Å². The Kier molecular flexibility index (Phi) is 4.87. The van der Waals surface area contributed by atoms with E-state index in [0.29, 0.717) is 4.43 Å². The molecule has 82 valence electrons. The van der Waals surface area contributed by atoms with Gasteiger partial charge in [-0.15, -0.1) is 0 Å². The van der Waals surface area contributed by atoms with E-state index in [2.05, 4.69) is 17.1 Å². The molecule has 3 nitrogen and oxygen atoms in total. The van der Waals surface area contributed by atoms with Gasteiger partial charge in [0.2, 0.25) is 5.91 Å². The third-order valence-corrected chi connectivity index (χ3v) is 2.86. The normalized spacial score (nSPS) is 9.80. The van der Waals surface area contributed by atoms with Crippen LogP contribution in [-0.4, -0.2) is 23.9 Å². The Morgan fingerprint density at radius 1 is 1.53 bits per heavy atom. The van der Waals surface area contributed by atoms with Crippen LogP contribution in [0.2, 0.25) is 0 Å². The summed E-state index contributed by atoms with van der Waals surface area (Å²) in [7, 11) is 2.03. The molecule has 15 heavy (non-hydrogen) atoms. The van der Waals surface area contributed by atoms with Gasteiger partial charge in [0.1, 0.15) is 0 Å². The molecule has 1 aromatic rings. The molecular formula is C11H15IN2O. The van der Waals surface area contributed by atoms with Crippen LogP contribution < -0.4 is 10.2 Å². The third-order valence-electron chi connectivity index (χ3n) is 2.17. The van der Waals surface area contributed by atoms with Crippen LogP contribution in [0.3, 0.4) is 0 Å². The van der Waals surface area contributed by atoms with Gasteiger partial charge < -0.3 is 10.2 Å². The molecule has 0 radical (unpaired) electrons. The number of carbonyl (C=O) groups excluding carboxylic acids is 1. The van der Waals surface area contributed by atoms with Gasteiger partial charge in [-0.25, -0.2) is 0 Å². The minimum absolute atomic E-state index is 0.0342. The third kappa shape index (κ3) is 3.70. The van der Waals surface area contributed by atoms with E-state index in [1.807, 2.05) is 53.9 Å². The van der Waals surface area contributed by atoms with Gasteiger partial charge in [-0.2, -0.15) is 0 Å². The van der Waals surface area contributed by atoms with Gasteiger partial charge in [0.05, 0.1) is 4.43 Å². The van der Waals surface area contributed by atoms with Gasteiger partial charge in [0, 0.05) is 25.0 Å². The summed E-state index contributed by atoms with van der Waals surface area (Å²) in [4.78, 5) is 13.3. The zero-order valence-corrected chi connectivity index (χ0v) is 11.1. The number of alkyl halides is 1. The molecule has 0 unspecified atom stereocenters. The minimum Gasteiger partial charge on any atom is -0.375 e. The summed E-state index contributed by atoms with van der Waals surface area (Å²) < 4.78 is 0.478. The van der Waals surface area contributed by atoms with E-state index >= 15 is 0 Å². The molecule has 0 aliphatic carbocycles. The van der Waals surface area contributed by atoms with E-state index in [-0.39, 0.29) is 5.91 Å². The topological polar surface area (TPSA) is 32.3 Å². The molecule has 1 N–H and O–H groups in total. The maximum Gasteiger partial charge on any atom is 0.234 e. The molecular weight excluding hydrogens is 303 g/mol. The van der Waals surface area contributed by atoms with Crippen LogP contribution in [0.4, 0.5) is 11.4 Å². The minimum atomic E-state index is 0.0342. The number of amides is 1. The summed E-state index contributed by atoms with van der Waals surface area (Å²) in [5, 5.41) is 2.84. The first-order valence-electron chi connectivity index (χ1n) is 4.84.